The number of thiophene rings is 1. The minimum absolute atomic E-state index is 0.659. The Kier molecular flexibility index (Phi) is 15.1. The van der Waals surface area contributed by atoms with Gasteiger partial charge in [-0.25, -0.2) is 0 Å². The molecule has 0 bridgehead atoms. The van der Waals surface area contributed by atoms with Crippen molar-refractivity contribution in [1.29, 1.82) is 0 Å². The molecule has 1 fully saturated rings. The molecule has 3 rings (SSSR count). The molecule has 1 aromatic heterocycles. The molecular formula is C28H48S. The summed E-state index contributed by atoms with van der Waals surface area (Å²) in [7, 11) is 0. The molecule has 0 atom stereocenters. The standard InChI is InChI=1S/C9H12.C7H10S.C6H12.C6H14/c1-8(2)9-6-4-3-5-7-9;1-6(2)7-4-3-5-8-7;1-5(2)6-3-4-6;1-5(2)6(3)4/h3-8H,1-2H3;3-6H,1-2H3;5-6H,3-4H2,1-2H3;5-6H,1-4H3. The maximum atomic E-state index is 2.30. The van der Waals surface area contributed by atoms with E-state index in [4.69, 9.17) is 0 Å². The van der Waals surface area contributed by atoms with Crippen LogP contribution in [0.4, 0.5) is 0 Å². The van der Waals surface area contributed by atoms with Crippen molar-refractivity contribution < 1.29 is 0 Å². The Morgan fingerprint density at radius 3 is 1.34 bits per heavy atom. The molecule has 29 heavy (non-hydrogen) atoms. The molecule has 0 unspecified atom stereocenters. The second-order valence-corrected chi connectivity index (χ2v) is 10.8. The summed E-state index contributed by atoms with van der Waals surface area (Å²) in [6.45, 7) is 22.4. The highest BCUT2D eigenvalue weighted by Crippen LogP contribution is 2.35. The van der Waals surface area contributed by atoms with Gasteiger partial charge in [0.2, 0.25) is 0 Å². The predicted molar refractivity (Wildman–Crippen MR) is 136 cm³/mol. The molecule has 0 saturated heterocycles. The van der Waals surface area contributed by atoms with Crippen LogP contribution < -0.4 is 0 Å². The molecule has 166 valence electrons. The first-order valence-corrected chi connectivity index (χ1v) is 12.5. The molecule has 1 saturated carbocycles. The number of hydrogen-bond donors (Lipinski definition) is 0. The van der Waals surface area contributed by atoms with Crippen LogP contribution in [0.25, 0.3) is 0 Å². The molecular weight excluding hydrogens is 368 g/mol. The van der Waals surface area contributed by atoms with Crippen LogP contribution in [0.2, 0.25) is 0 Å². The van der Waals surface area contributed by atoms with Gasteiger partial charge in [-0.3, -0.25) is 0 Å². The van der Waals surface area contributed by atoms with Crippen molar-refractivity contribution in [2.24, 2.45) is 23.7 Å². The molecule has 0 radical (unpaired) electrons. The van der Waals surface area contributed by atoms with Crippen LogP contribution in [0, 0.1) is 23.7 Å². The minimum Gasteiger partial charge on any atom is -0.149 e. The number of hydrogen-bond acceptors (Lipinski definition) is 1. The van der Waals surface area contributed by atoms with Crippen molar-refractivity contribution in [1.82, 2.24) is 0 Å². The van der Waals surface area contributed by atoms with Crippen molar-refractivity contribution >= 4 is 11.3 Å². The highest BCUT2D eigenvalue weighted by Gasteiger charge is 2.23. The SMILES string of the molecule is CC(C)C(C)C.CC(C)C1CC1.CC(C)c1ccccc1.CC(C)c1cccs1. The Morgan fingerprint density at radius 1 is 0.655 bits per heavy atom. The Hall–Kier alpha value is -1.08. The van der Waals surface area contributed by atoms with Crippen LogP contribution >= 0.6 is 11.3 Å². The van der Waals surface area contributed by atoms with E-state index >= 15 is 0 Å². The van der Waals surface area contributed by atoms with Gasteiger partial charge in [0.15, 0.2) is 0 Å². The lowest BCUT2D eigenvalue weighted by atomic mass is 10.0. The Balaban J connectivity index is 0.000000367. The van der Waals surface area contributed by atoms with Crippen LogP contribution in [0.1, 0.15) is 104 Å². The van der Waals surface area contributed by atoms with E-state index in [2.05, 4.69) is 111 Å². The van der Waals surface area contributed by atoms with E-state index in [0.717, 1.165) is 23.7 Å². The largest absolute Gasteiger partial charge is 0.149 e. The molecule has 1 aliphatic rings. The van der Waals surface area contributed by atoms with E-state index in [-0.39, 0.29) is 0 Å². The first-order valence-electron chi connectivity index (χ1n) is 11.6. The van der Waals surface area contributed by atoms with Gasteiger partial charge >= 0.3 is 0 Å². The summed E-state index contributed by atoms with van der Waals surface area (Å²) in [6.07, 6.45) is 3.00. The van der Waals surface area contributed by atoms with E-state index in [1.54, 1.807) is 0 Å². The van der Waals surface area contributed by atoms with Gasteiger partial charge in [-0.05, 0) is 65.4 Å². The van der Waals surface area contributed by atoms with E-state index in [9.17, 15) is 0 Å². The van der Waals surface area contributed by atoms with Crippen LogP contribution in [-0.2, 0) is 0 Å². The molecule has 1 heterocycles. The van der Waals surface area contributed by atoms with Crippen LogP contribution in [-0.4, -0.2) is 0 Å². The number of benzene rings is 1. The zero-order valence-corrected chi connectivity index (χ0v) is 21.7. The molecule has 0 N–H and O–H groups in total. The molecule has 0 amide bonds. The fourth-order valence-electron chi connectivity index (χ4n) is 2.22. The third-order valence-electron chi connectivity index (χ3n) is 5.48. The second-order valence-electron chi connectivity index (χ2n) is 9.80. The lowest BCUT2D eigenvalue weighted by molar-refractivity contribution is 0.457. The van der Waals surface area contributed by atoms with Gasteiger partial charge in [-0.15, -0.1) is 11.3 Å². The van der Waals surface area contributed by atoms with E-state index in [1.165, 1.54) is 23.3 Å². The Morgan fingerprint density at radius 2 is 1.17 bits per heavy atom. The summed E-state index contributed by atoms with van der Waals surface area (Å²) in [6, 6.07) is 14.8. The monoisotopic (exact) mass is 416 g/mol. The molecule has 0 spiro atoms. The summed E-state index contributed by atoms with van der Waals surface area (Å²) >= 11 is 1.83. The summed E-state index contributed by atoms with van der Waals surface area (Å²) in [5, 5.41) is 2.12. The quantitative estimate of drug-likeness (QED) is 0.465. The van der Waals surface area contributed by atoms with Gasteiger partial charge in [0.1, 0.15) is 0 Å². The first-order chi connectivity index (χ1) is 13.6. The van der Waals surface area contributed by atoms with Gasteiger partial charge in [0, 0.05) is 4.88 Å². The van der Waals surface area contributed by atoms with Gasteiger partial charge in [-0.1, -0.05) is 106 Å². The minimum atomic E-state index is 0.659. The van der Waals surface area contributed by atoms with Gasteiger partial charge in [0.05, 0.1) is 0 Å². The average Bonchev–Trinajstić information content (AvgIpc) is 3.38. The lowest BCUT2D eigenvalue weighted by Crippen LogP contribution is -1.95. The van der Waals surface area contributed by atoms with Crippen molar-refractivity contribution in [3.63, 3.8) is 0 Å². The molecule has 0 aliphatic heterocycles. The second kappa shape index (κ2) is 15.7. The van der Waals surface area contributed by atoms with Crippen molar-refractivity contribution in [2.45, 2.75) is 93.9 Å². The molecule has 0 nitrogen and oxygen atoms in total. The lowest BCUT2D eigenvalue weighted by Gasteiger charge is -2.05. The molecule has 1 aliphatic carbocycles. The smallest absolute Gasteiger partial charge is 0.00706 e. The first kappa shape index (κ1) is 27.9. The summed E-state index contributed by atoms with van der Waals surface area (Å²) in [4.78, 5) is 1.48. The van der Waals surface area contributed by atoms with Crippen LogP contribution in [0.15, 0.2) is 47.8 Å². The highest BCUT2D eigenvalue weighted by atomic mass is 32.1. The number of rotatable bonds is 4. The summed E-state index contributed by atoms with van der Waals surface area (Å²) in [5.41, 5.74) is 1.41. The Bertz CT molecular complexity index is 558. The average molecular weight is 417 g/mol. The zero-order chi connectivity index (χ0) is 22.4. The van der Waals surface area contributed by atoms with Crippen molar-refractivity contribution in [3.05, 3.63) is 58.3 Å². The maximum absolute atomic E-state index is 2.30. The van der Waals surface area contributed by atoms with Gasteiger partial charge in [-0.2, -0.15) is 0 Å². The Labute approximate surface area is 187 Å². The van der Waals surface area contributed by atoms with Gasteiger partial charge in [0.25, 0.3) is 0 Å². The normalized spacial score (nSPS) is 12.9. The van der Waals surface area contributed by atoms with E-state index in [1.807, 2.05) is 17.4 Å². The maximum Gasteiger partial charge on any atom is 0.00706 e. The van der Waals surface area contributed by atoms with Crippen LogP contribution in [0.5, 0.6) is 0 Å². The molecule has 2 aromatic rings. The summed E-state index contributed by atoms with van der Waals surface area (Å²) in [5.74, 6) is 5.13. The fraction of sp³-hybridized carbons (Fsp3) is 0.643. The predicted octanol–water partition coefficient (Wildman–Crippen LogP) is 10.0. The van der Waals surface area contributed by atoms with E-state index < -0.39 is 0 Å². The van der Waals surface area contributed by atoms with Crippen molar-refractivity contribution in [2.75, 3.05) is 0 Å². The third-order valence-corrected chi connectivity index (χ3v) is 6.65. The molecule has 1 aromatic carbocycles. The topological polar surface area (TPSA) is 0 Å². The highest BCUT2D eigenvalue weighted by molar-refractivity contribution is 7.10. The van der Waals surface area contributed by atoms with Crippen LogP contribution in [0.3, 0.4) is 0 Å². The fourth-order valence-corrected chi connectivity index (χ4v) is 2.96. The van der Waals surface area contributed by atoms with Crippen molar-refractivity contribution in [3.8, 4) is 0 Å². The summed E-state index contributed by atoms with van der Waals surface area (Å²) < 4.78 is 0. The molecule has 1 heteroatoms. The van der Waals surface area contributed by atoms with Gasteiger partial charge < -0.3 is 0 Å². The zero-order valence-electron chi connectivity index (χ0n) is 20.9. The third kappa shape index (κ3) is 15.4. The van der Waals surface area contributed by atoms with E-state index in [0.29, 0.717) is 11.8 Å².